The molecule has 1 aliphatic heterocycles. The first-order chi connectivity index (χ1) is 12.0. The SMILES string of the molecule is O=C(O)CCC1CCCN(C(=O)C2(Cc3cccc(F)c3)CCC2)C1. The fourth-order valence-corrected chi connectivity index (χ4v) is 4.26. The van der Waals surface area contributed by atoms with Crippen LogP contribution in [-0.4, -0.2) is 35.0 Å². The van der Waals surface area contributed by atoms with Crippen molar-refractivity contribution in [2.45, 2.75) is 51.4 Å². The number of hydrogen-bond acceptors (Lipinski definition) is 2. The van der Waals surface area contributed by atoms with Crippen LogP contribution in [-0.2, 0) is 16.0 Å². The van der Waals surface area contributed by atoms with Gasteiger partial charge in [0.2, 0.25) is 5.91 Å². The summed E-state index contributed by atoms with van der Waals surface area (Å²) in [6.45, 7) is 1.42. The molecule has 1 amide bonds. The molecular formula is C20H26FNO3. The van der Waals surface area contributed by atoms with E-state index in [0.717, 1.165) is 44.2 Å². The number of carbonyl (C=O) groups is 2. The van der Waals surface area contributed by atoms with Crippen LogP contribution >= 0.6 is 0 Å². The molecule has 0 aromatic heterocycles. The number of carboxylic acids is 1. The van der Waals surface area contributed by atoms with Gasteiger partial charge in [0, 0.05) is 19.5 Å². The molecule has 136 valence electrons. The summed E-state index contributed by atoms with van der Waals surface area (Å²) in [6, 6.07) is 6.54. The Hall–Kier alpha value is -1.91. The summed E-state index contributed by atoms with van der Waals surface area (Å²) in [5.74, 6) is -0.570. The van der Waals surface area contributed by atoms with Crippen molar-refractivity contribution in [3.8, 4) is 0 Å². The number of piperidine rings is 1. The quantitative estimate of drug-likeness (QED) is 0.855. The maximum atomic E-state index is 13.5. The van der Waals surface area contributed by atoms with Crippen LogP contribution in [0, 0.1) is 17.2 Å². The smallest absolute Gasteiger partial charge is 0.303 e. The number of amides is 1. The van der Waals surface area contributed by atoms with Gasteiger partial charge in [0.05, 0.1) is 5.41 Å². The highest BCUT2D eigenvalue weighted by Crippen LogP contribution is 2.46. The van der Waals surface area contributed by atoms with E-state index >= 15 is 0 Å². The van der Waals surface area contributed by atoms with E-state index in [2.05, 4.69) is 0 Å². The van der Waals surface area contributed by atoms with Crippen LogP contribution in [0.1, 0.15) is 50.5 Å². The lowest BCUT2D eigenvalue weighted by molar-refractivity contribution is -0.149. The molecule has 1 atom stereocenters. The topological polar surface area (TPSA) is 57.6 Å². The molecule has 1 aromatic rings. The van der Waals surface area contributed by atoms with Crippen LogP contribution in [0.15, 0.2) is 24.3 Å². The molecule has 0 spiro atoms. The van der Waals surface area contributed by atoms with Gasteiger partial charge in [-0.25, -0.2) is 4.39 Å². The monoisotopic (exact) mass is 347 g/mol. The van der Waals surface area contributed by atoms with E-state index < -0.39 is 5.97 Å². The Labute approximate surface area is 148 Å². The van der Waals surface area contributed by atoms with Crippen molar-refractivity contribution in [2.24, 2.45) is 11.3 Å². The van der Waals surface area contributed by atoms with Crippen molar-refractivity contribution in [3.63, 3.8) is 0 Å². The lowest BCUT2D eigenvalue weighted by atomic mass is 9.64. The lowest BCUT2D eigenvalue weighted by Crippen LogP contribution is -2.52. The van der Waals surface area contributed by atoms with E-state index in [1.165, 1.54) is 12.1 Å². The van der Waals surface area contributed by atoms with E-state index in [9.17, 15) is 14.0 Å². The first kappa shape index (κ1) is 17.9. The largest absolute Gasteiger partial charge is 0.481 e. The molecule has 5 heteroatoms. The molecule has 0 bridgehead atoms. The van der Waals surface area contributed by atoms with Gasteiger partial charge in [-0.1, -0.05) is 18.6 Å². The summed E-state index contributed by atoms with van der Waals surface area (Å²) in [4.78, 5) is 25.9. The Kier molecular flexibility index (Phi) is 5.40. The fraction of sp³-hybridized carbons (Fsp3) is 0.600. The first-order valence-corrected chi connectivity index (χ1v) is 9.24. The minimum absolute atomic E-state index is 0.168. The molecule has 1 aliphatic carbocycles. The number of nitrogens with zero attached hydrogens (tertiary/aromatic N) is 1. The fourth-order valence-electron chi connectivity index (χ4n) is 4.26. The van der Waals surface area contributed by atoms with Crippen molar-refractivity contribution in [1.82, 2.24) is 4.90 Å². The van der Waals surface area contributed by atoms with Gasteiger partial charge in [0.1, 0.15) is 5.82 Å². The standard InChI is InChI=1S/C20H26FNO3/c21-17-6-1-4-16(12-17)13-20(9-3-10-20)19(25)22-11-2-5-15(14-22)7-8-18(23)24/h1,4,6,12,15H,2-3,5,7-11,13-14H2,(H,23,24). The molecule has 1 aromatic carbocycles. The third-order valence-corrected chi connectivity index (χ3v) is 5.77. The zero-order valence-corrected chi connectivity index (χ0v) is 14.5. The number of benzene rings is 1. The molecular weight excluding hydrogens is 321 g/mol. The van der Waals surface area contributed by atoms with Crippen molar-refractivity contribution in [3.05, 3.63) is 35.6 Å². The van der Waals surface area contributed by atoms with Crippen LogP contribution in [0.3, 0.4) is 0 Å². The number of carboxylic acid groups (broad SMARTS) is 1. The summed E-state index contributed by atoms with van der Waals surface area (Å²) in [7, 11) is 0. The van der Waals surface area contributed by atoms with E-state index in [4.69, 9.17) is 5.11 Å². The molecule has 3 rings (SSSR count). The normalized spacial score (nSPS) is 22.3. The highest BCUT2D eigenvalue weighted by molar-refractivity contribution is 5.84. The molecule has 0 radical (unpaired) electrons. The molecule has 1 saturated heterocycles. The highest BCUT2D eigenvalue weighted by Gasteiger charge is 2.46. The Morgan fingerprint density at radius 3 is 2.72 bits per heavy atom. The highest BCUT2D eigenvalue weighted by atomic mass is 19.1. The second-order valence-electron chi connectivity index (χ2n) is 7.63. The molecule has 1 unspecified atom stereocenters. The molecule has 4 nitrogen and oxygen atoms in total. The summed E-state index contributed by atoms with van der Waals surface area (Å²) >= 11 is 0. The molecule has 25 heavy (non-hydrogen) atoms. The van der Waals surface area contributed by atoms with E-state index in [1.807, 2.05) is 11.0 Å². The van der Waals surface area contributed by atoms with Crippen LogP contribution in [0.25, 0.3) is 0 Å². The maximum absolute atomic E-state index is 13.5. The van der Waals surface area contributed by atoms with Gasteiger partial charge in [0.25, 0.3) is 0 Å². The first-order valence-electron chi connectivity index (χ1n) is 9.24. The average Bonchev–Trinajstić information content (AvgIpc) is 2.56. The van der Waals surface area contributed by atoms with E-state index in [-0.39, 0.29) is 29.5 Å². The molecule has 2 aliphatic rings. The van der Waals surface area contributed by atoms with E-state index in [1.54, 1.807) is 6.07 Å². The Balaban J connectivity index is 1.66. The van der Waals surface area contributed by atoms with Crippen molar-refractivity contribution in [2.75, 3.05) is 13.1 Å². The minimum atomic E-state index is -0.773. The zero-order valence-electron chi connectivity index (χ0n) is 14.5. The van der Waals surface area contributed by atoms with Crippen molar-refractivity contribution in [1.29, 1.82) is 0 Å². The predicted molar refractivity (Wildman–Crippen MR) is 92.6 cm³/mol. The number of rotatable bonds is 6. The summed E-state index contributed by atoms with van der Waals surface area (Å²) < 4.78 is 13.5. The van der Waals surface area contributed by atoms with Gasteiger partial charge < -0.3 is 10.0 Å². The second kappa shape index (κ2) is 7.54. The lowest BCUT2D eigenvalue weighted by Gasteiger charge is -2.46. The third-order valence-electron chi connectivity index (χ3n) is 5.77. The Morgan fingerprint density at radius 1 is 1.28 bits per heavy atom. The van der Waals surface area contributed by atoms with Gasteiger partial charge in [-0.2, -0.15) is 0 Å². The predicted octanol–water partition coefficient (Wildman–Crippen LogP) is 3.64. The number of hydrogen-bond donors (Lipinski definition) is 1. The average molecular weight is 347 g/mol. The summed E-state index contributed by atoms with van der Waals surface area (Å²) in [5, 5.41) is 8.87. The molecule has 2 fully saturated rings. The summed E-state index contributed by atoms with van der Waals surface area (Å²) in [6.07, 6.45) is 6.09. The van der Waals surface area contributed by atoms with Gasteiger partial charge in [-0.15, -0.1) is 0 Å². The zero-order chi connectivity index (χ0) is 17.9. The number of carbonyl (C=O) groups excluding carboxylic acids is 1. The van der Waals surface area contributed by atoms with Gasteiger partial charge >= 0.3 is 5.97 Å². The molecule has 1 saturated carbocycles. The Morgan fingerprint density at radius 2 is 2.08 bits per heavy atom. The Bertz CT molecular complexity index is 642. The number of aliphatic carboxylic acids is 1. The van der Waals surface area contributed by atoms with Gasteiger partial charge in [0.15, 0.2) is 0 Å². The maximum Gasteiger partial charge on any atom is 0.303 e. The van der Waals surface area contributed by atoms with Crippen molar-refractivity contribution < 1.29 is 19.1 Å². The van der Waals surface area contributed by atoms with Crippen LogP contribution in [0.5, 0.6) is 0 Å². The van der Waals surface area contributed by atoms with E-state index in [0.29, 0.717) is 19.4 Å². The number of likely N-dealkylation sites (tertiary alicyclic amines) is 1. The number of halogens is 1. The van der Waals surface area contributed by atoms with Crippen LogP contribution < -0.4 is 0 Å². The molecule has 1 N–H and O–H groups in total. The van der Waals surface area contributed by atoms with Gasteiger partial charge in [-0.05, 0) is 62.1 Å². The summed E-state index contributed by atoms with van der Waals surface area (Å²) in [5.41, 5.74) is 0.496. The van der Waals surface area contributed by atoms with Crippen LogP contribution in [0.4, 0.5) is 4.39 Å². The van der Waals surface area contributed by atoms with Crippen molar-refractivity contribution >= 4 is 11.9 Å². The minimum Gasteiger partial charge on any atom is -0.481 e. The van der Waals surface area contributed by atoms with Gasteiger partial charge in [-0.3, -0.25) is 9.59 Å². The second-order valence-corrected chi connectivity index (χ2v) is 7.63. The molecule has 1 heterocycles. The third kappa shape index (κ3) is 4.20. The van der Waals surface area contributed by atoms with Crippen LogP contribution in [0.2, 0.25) is 0 Å².